The van der Waals surface area contributed by atoms with Crippen molar-refractivity contribution in [3.8, 4) is 0 Å². The van der Waals surface area contributed by atoms with Crippen LogP contribution in [0.25, 0.3) is 0 Å². The van der Waals surface area contributed by atoms with E-state index in [-0.39, 0.29) is 12.3 Å². The maximum absolute atomic E-state index is 13.3. The van der Waals surface area contributed by atoms with Gasteiger partial charge in [-0.1, -0.05) is 31.7 Å². The third-order valence-corrected chi connectivity index (χ3v) is 5.44. The summed E-state index contributed by atoms with van der Waals surface area (Å²) >= 11 is 0.642. The van der Waals surface area contributed by atoms with Crippen LogP contribution in [0.2, 0.25) is 0 Å². The Labute approximate surface area is 169 Å². The van der Waals surface area contributed by atoms with E-state index >= 15 is 0 Å². The molecule has 0 aliphatic carbocycles. The van der Waals surface area contributed by atoms with Gasteiger partial charge < -0.3 is 15.3 Å². The molecule has 0 aromatic carbocycles. The molecular formula is C20H29F3N2O2S. The number of amides is 1. The second kappa shape index (κ2) is 10.2. The van der Waals surface area contributed by atoms with Crippen LogP contribution in [0, 0.1) is 0 Å². The average molecular weight is 419 g/mol. The van der Waals surface area contributed by atoms with Crippen LogP contribution in [-0.2, 0) is 4.79 Å². The van der Waals surface area contributed by atoms with Crippen molar-refractivity contribution in [3.63, 3.8) is 0 Å². The van der Waals surface area contributed by atoms with Crippen LogP contribution in [0.5, 0.6) is 0 Å². The lowest BCUT2D eigenvalue weighted by atomic mass is 10.1. The summed E-state index contributed by atoms with van der Waals surface area (Å²) in [4.78, 5) is 13.7. The number of carbonyl (C=O) groups is 1. The quantitative estimate of drug-likeness (QED) is 0.413. The first-order valence-electron chi connectivity index (χ1n) is 9.17. The largest absolute Gasteiger partial charge is 0.404 e. The van der Waals surface area contributed by atoms with Gasteiger partial charge in [-0.05, 0) is 44.6 Å². The van der Waals surface area contributed by atoms with E-state index in [9.17, 15) is 23.1 Å². The zero-order valence-electron chi connectivity index (χ0n) is 16.8. The van der Waals surface area contributed by atoms with E-state index in [0.717, 1.165) is 22.2 Å². The summed E-state index contributed by atoms with van der Waals surface area (Å²) in [5, 5.41) is 11.7. The van der Waals surface area contributed by atoms with Crippen molar-refractivity contribution >= 4 is 17.7 Å². The summed E-state index contributed by atoms with van der Waals surface area (Å²) in [5.41, 5.74) is -0.481. The molecular weight excluding hydrogens is 389 g/mol. The zero-order valence-corrected chi connectivity index (χ0v) is 17.6. The molecule has 0 bridgehead atoms. The van der Waals surface area contributed by atoms with Crippen LogP contribution in [0.3, 0.4) is 0 Å². The lowest BCUT2D eigenvalue weighted by Crippen LogP contribution is -2.45. The number of halogens is 3. The molecule has 1 rings (SSSR count). The number of allylic oxidation sites excluding steroid dienone is 3. The molecule has 0 aromatic heterocycles. The molecule has 4 nitrogen and oxygen atoms in total. The molecule has 0 spiro atoms. The molecule has 0 saturated heterocycles. The normalized spacial score (nSPS) is 22.0. The lowest BCUT2D eigenvalue weighted by molar-refractivity contribution is -0.144. The predicted molar refractivity (Wildman–Crippen MR) is 109 cm³/mol. The number of thioether (sulfide) groups is 1. The number of carbonyl (C=O) groups excluding carboxylic acids is 1. The van der Waals surface area contributed by atoms with Gasteiger partial charge in [0, 0.05) is 24.4 Å². The SMILES string of the molecule is C=C(/C=C\C)/C(=C\C)NCCCN1C(=O)C(C(SCC)C(F)(F)F)=CC1(C)O. The fourth-order valence-corrected chi connectivity index (χ4v) is 3.86. The Morgan fingerprint density at radius 2 is 2.11 bits per heavy atom. The predicted octanol–water partition coefficient (Wildman–Crippen LogP) is 4.16. The molecule has 2 unspecified atom stereocenters. The molecule has 1 amide bonds. The van der Waals surface area contributed by atoms with Gasteiger partial charge in [0.1, 0.15) is 5.25 Å². The van der Waals surface area contributed by atoms with Gasteiger partial charge in [-0.25, -0.2) is 0 Å². The minimum Gasteiger partial charge on any atom is -0.385 e. The van der Waals surface area contributed by atoms with Crippen LogP contribution in [0.1, 0.15) is 34.1 Å². The number of aliphatic hydroxyl groups is 1. The van der Waals surface area contributed by atoms with Crippen molar-refractivity contribution in [1.82, 2.24) is 10.2 Å². The molecule has 0 aromatic rings. The van der Waals surface area contributed by atoms with Gasteiger partial charge in [0.15, 0.2) is 5.72 Å². The van der Waals surface area contributed by atoms with Gasteiger partial charge in [0.25, 0.3) is 5.91 Å². The van der Waals surface area contributed by atoms with Gasteiger partial charge in [-0.3, -0.25) is 4.79 Å². The van der Waals surface area contributed by atoms with E-state index in [2.05, 4.69) is 11.9 Å². The molecule has 158 valence electrons. The van der Waals surface area contributed by atoms with Crippen LogP contribution in [-0.4, -0.2) is 51.9 Å². The van der Waals surface area contributed by atoms with Crippen molar-refractivity contribution in [2.75, 3.05) is 18.8 Å². The maximum atomic E-state index is 13.3. The summed E-state index contributed by atoms with van der Waals surface area (Å²) in [6.07, 6.45) is 2.54. The first-order chi connectivity index (χ1) is 13.0. The van der Waals surface area contributed by atoms with Crippen molar-refractivity contribution in [1.29, 1.82) is 0 Å². The highest BCUT2D eigenvalue weighted by Gasteiger charge is 2.50. The monoisotopic (exact) mass is 418 g/mol. The Kier molecular flexibility index (Phi) is 8.88. The molecule has 28 heavy (non-hydrogen) atoms. The standard InChI is InChI=1S/C20H29F3N2O2S/c1-6-10-14(4)16(7-2)24-11-9-12-25-18(26)15(13-19(25,5)27)17(28-8-3)20(21,22)23/h6-7,10,13,17,24,27H,4,8-9,11-12H2,1-3,5H3/b10-6-,16-7+. The minimum atomic E-state index is -4.55. The van der Waals surface area contributed by atoms with Gasteiger partial charge in [-0.2, -0.15) is 13.2 Å². The second-order valence-electron chi connectivity index (χ2n) is 6.54. The number of nitrogens with one attached hydrogen (secondary N) is 1. The highest BCUT2D eigenvalue weighted by Crippen LogP contribution is 2.40. The summed E-state index contributed by atoms with van der Waals surface area (Å²) in [5.74, 6) is -0.554. The van der Waals surface area contributed by atoms with E-state index in [1.165, 1.54) is 6.92 Å². The third-order valence-electron chi connectivity index (χ3n) is 4.26. The molecule has 0 fully saturated rings. The van der Waals surface area contributed by atoms with Crippen molar-refractivity contribution < 1.29 is 23.1 Å². The Balaban J connectivity index is 2.76. The smallest absolute Gasteiger partial charge is 0.385 e. The number of hydrogen-bond acceptors (Lipinski definition) is 4. The number of nitrogens with zero attached hydrogens (tertiary/aromatic N) is 1. The van der Waals surface area contributed by atoms with Crippen LogP contribution < -0.4 is 5.32 Å². The van der Waals surface area contributed by atoms with Gasteiger partial charge in [0.05, 0.1) is 0 Å². The summed E-state index contributed by atoms with van der Waals surface area (Å²) in [6.45, 7) is 11.2. The van der Waals surface area contributed by atoms with Gasteiger partial charge in [0.2, 0.25) is 0 Å². The summed E-state index contributed by atoms with van der Waals surface area (Å²) < 4.78 is 40.0. The molecule has 1 aliphatic rings. The molecule has 2 atom stereocenters. The minimum absolute atomic E-state index is 0.132. The van der Waals surface area contributed by atoms with Crippen LogP contribution in [0.4, 0.5) is 13.2 Å². The van der Waals surface area contributed by atoms with E-state index in [1.807, 2.05) is 32.1 Å². The second-order valence-corrected chi connectivity index (χ2v) is 7.92. The molecule has 1 heterocycles. The third kappa shape index (κ3) is 6.17. The van der Waals surface area contributed by atoms with Gasteiger partial charge >= 0.3 is 6.18 Å². The van der Waals surface area contributed by atoms with Crippen molar-refractivity contribution in [2.24, 2.45) is 0 Å². The topological polar surface area (TPSA) is 52.6 Å². The first kappa shape index (κ1) is 24.4. The Hall–Kier alpha value is -1.67. The molecule has 8 heteroatoms. The number of rotatable bonds is 10. The average Bonchev–Trinajstić information content (AvgIpc) is 2.81. The fourth-order valence-electron chi connectivity index (χ4n) is 2.99. The van der Waals surface area contributed by atoms with E-state index < -0.39 is 28.6 Å². The molecule has 1 aliphatic heterocycles. The first-order valence-corrected chi connectivity index (χ1v) is 10.2. The van der Waals surface area contributed by atoms with Crippen molar-refractivity contribution in [3.05, 3.63) is 47.7 Å². The Bertz CT molecular complexity index is 667. The van der Waals surface area contributed by atoms with Gasteiger partial charge in [-0.15, -0.1) is 11.8 Å². The van der Waals surface area contributed by atoms with Crippen LogP contribution in [0.15, 0.2) is 47.7 Å². The molecule has 2 N–H and O–H groups in total. The number of hydrogen-bond donors (Lipinski definition) is 2. The van der Waals surface area contributed by atoms with E-state index in [4.69, 9.17) is 0 Å². The summed E-state index contributed by atoms with van der Waals surface area (Å²) in [7, 11) is 0. The molecule has 0 radical (unpaired) electrons. The Morgan fingerprint density at radius 3 is 2.61 bits per heavy atom. The summed E-state index contributed by atoms with van der Waals surface area (Å²) in [6, 6.07) is 0. The maximum Gasteiger partial charge on any atom is 0.404 e. The Morgan fingerprint density at radius 1 is 1.46 bits per heavy atom. The number of alkyl halides is 3. The zero-order chi connectivity index (χ0) is 21.5. The van der Waals surface area contributed by atoms with Crippen LogP contribution >= 0.6 is 11.8 Å². The highest BCUT2D eigenvalue weighted by atomic mass is 32.2. The van der Waals surface area contributed by atoms with E-state index in [1.54, 1.807) is 6.92 Å². The van der Waals surface area contributed by atoms with Crippen molar-refractivity contribution in [2.45, 2.75) is 51.3 Å². The highest BCUT2D eigenvalue weighted by molar-refractivity contribution is 8.00. The fraction of sp³-hybridized carbons (Fsp3) is 0.550. The lowest BCUT2D eigenvalue weighted by Gasteiger charge is -2.30. The van der Waals surface area contributed by atoms with E-state index in [0.29, 0.717) is 24.7 Å². The molecule has 0 saturated carbocycles.